The zero-order chi connectivity index (χ0) is 21.5. The molecule has 1 aromatic carbocycles. The zero-order valence-electron chi connectivity index (χ0n) is 17.3. The number of pyridine rings is 2. The fraction of sp³-hybridized carbons (Fsp3) is 0.375. The molecule has 1 aliphatic heterocycles. The summed E-state index contributed by atoms with van der Waals surface area (Å²) >= 11 is 5.81. The number of carbonyl (C=O) groups is 1. The number of hydrogen-bond donors (Lipinski definition) is 1. The Morgan fingerprint density at radius 2 is 1.94 bits per heavy atom. The number of hydrogen-bond acceptors (Lipinski definition) is 4. The third kappa shape index (κ3) is 4.02. The largest absolute Gasteiger partial charge is 0.323 e. The van der Waals surface area contributed by atoms with Crippen molar-refractivity contribution in [3.63, 3.8) is 0 Å². The average molecular weight is 439 g/mol. The summed E-state index contributed by atoms with van der Waals surface area (Å²) in [4.78, 5) is 23.4. The van der Waals surface area contributed by atoms with E-state index in [1.165, 1.54) is 11.6 Å². The van der Waals surface area contributed by atoms with Gasteiger partial charge in [0.2, 0.25) is 5.91 Å². The summed E-state index contributed by atoms with van der Waals surface area (Å²) in [5.74, 6) is 1.26. The first-order chi connectivity index (χ1) is 15.0. The van der Waals surface area contributed by atoms with Crippen LogP contribution in [0.4, 0.5) is 10.1 Å². The minimum absolute atomic E-state index is 0.0313. The third-order valence-corrected chi connectivity index (χ3v) is 7.10. The average Bonchev–Trinajstić information content (AvgIpc) is 3.33. The number of benzene rings is 1. The van der Waals surface area contributed by atoms with Crippen LogP contribution in [0, 0.1) is 17.7 Å². The fourth-order valence-electron chi connectivity index (χ4n) is 5.26. The molecule has 5 rings (SSSR count). The molecule has 1 amide bonds. The predicted octanol–water partition coefficient (Wildman–Crippen LogP) is 4.87. The second kappa shape index (κ2) is 8.17. The fourth-order valence-corrected chi connectivity index (χ4v) is 5.38. The number of anilines is 1. The molecule has 7 heteroatoms. The topological polar surface area (TPSA) is 58.1 Å². The number of nitrogens with one attached hydrogen (secondary N) is 1. The van der Waals surface area contributed by atoms with Gasteiger partial charge in [-0.3, -0.25) is 14.7 Å². The standard InChI is InChI=1S/C24H24ClFN4O/c1-14(24(31)29-19-3-5-23(25)28-11-19)30-12-16-8-15(9-17(16)13-30)20-6-7-27-22-4-2-18(26)10-21(20)22/h2-7,10-11,14-17H,8-9,12-13H2,1H3,(H,29,31)/t14?,15-,16-,17?/m1/s1. The van der Waals surface area contributed by atoms with Crippen molar-refractivity contribution >= 4 is 34.1 Å². The molecule has 4 atom stereocenters. The number of halogens is 2. The van der Waals surface area contributed by atoms with E-state index in [9.17, 15) is 9.18 Å². The van der Waals surface area contributed by atoms with Crippen LogP contribution in [0.3, 0.4) is 0 Å². The second-order valence-electron chi connectivity index (χ2n) is 8.74. The maximum atomic E-state index is 13.8. The predicted molar refractivity (Wildman–Crippen MR) is 120 cm³/mol. The molecule has 0 radical (unpaired) electrons. The molecule has 1 aliphatic carbocycles. The number of likely N-dealkylation sites (tertiary alicyclic amines) is 1. The van der Waals surface area contributed by atoms with Crippen LogP contribution < -0.4 is 5.32 Å². The van der Waals surface area contributed by atoms with E-state index in [1.807, 2.05) is 19.2 Å². The van der Waals surface area contributed by atoms with Gasteiger partial charge in [-0.2, -0.15) is 0 Å². The Bertz CT molecular complexity index is 1110. The number of rotatable bonds is 4. The smallest absolute Gasteiger partial charge is 0.241 e. The van der Waals surface area contributed by atoms with Gasteiger partial charge in [-0.25, -0.2) is 9.37 Å². The molecule has 31 heavy (non-hydrogen) atoms. The highest BCUT2D eigenvalue weighted by Crippen LogP contribution is 2.47. The molecule has 5 nitrogen and oxygen atoms in total. The van der Waals surface area contributed by atoms with E-state index in [2.05, 4.69) is 20.2 Å². The van der Waals surface area contributed by atoms with Crippen molar-refractivity contribution in [1.82, 2.24) is 14.9 Å². The highest BCUT2D eigenvalue weighted by molar-refractivity contribution is 6.29. The van der Waals surface area contributed by atoms with Gasteiger partial charge in [0.1, 0.15) is 11.0 Å². The van der Waals surface area contributed by atoms with Crippen LogP contribution in [0.1, 0.15) is 31.2 Å². The van der Waals surface area contributed by atoms with Gasteiger partial charge in [0.25, 0.3) is 0 Å². The normalized spacial score (nSPS) is 24.3. The van der Waals surface area contributed by atoms with Gasteiger partial charge >= 0.3 is 0 Å². The van der Waals surface area contributed by atoms with Crippen molar-refractivity contribution < 1.29 is 9.18 Å². The highest BCUT2D eigenvalue weighted by atomic mass is 35.5. The summed E-state index contributed by atoms with van der Waals surface area (Å²) in [7, 11) is 0. The van der Waals surface area contributed by atoms with Crippen LogP contribution in [0.5, 0.6) is 0 Å². The van der Waals surface area contributed by atoms with Crippen LogP contribution in [0.2, 0.25) is 5.15 Å². The van der Waals surface area contributed by atoms with E-state index in [4.69, 9.17) is 11.6 Å². The quantitative estimate of drug-likeness (QED) is 0.590. The van der Waals surface area contributed by atoms with E-state index in [-0.39, 0.29) is 17.8 Å². The molecule has 2 aromatic heterocycles. The lowest BCUT2D eigenvalue weighted by Gasteiger charge is -2.25. The van der Waals surface area contributed by atoms with Crippen molar-refractivity contribution in [2.24, 2.45) is 11.8 Å². The molecule has 2 fully saturated rings. The summed E-state index contributed by atoms with van der Waals surface area (Å²) in [6.45, 7) is 3.77. The Labute approximate surface area is 185 Å². The summed E-state index contributed by atoms with van der Waals surface area (Å²) < 4.78 is 13.8. The van der Waals surface area contributed by atoms with Gasteiger partial charge in [-0.15, -0.1) is 0 Å². The molecular weight excluding hydrogens is 415 g/mol. The first-order valence-electron chi connectivity index (χ1n) is 10.7. The molecule has 1 saturated carbocycles. The third-order valence-electron chi connectivity index (χ3n) is 6.88. The van der Waals surface area contributed by atoms with Gasteiger partial charge in [-0.1, -0.05) is 11.6 Å². The maximum Gasteiger partial charge on any atom is 0.241 e. The molecule has 3 heterocycles. The molecule has 2 aliphatic rings. The van der Waals surface area contributed by atoms with Crippen molar-refractivity contribution in [2.45, 2.75) is 31.7 Å². The Morgan fingerprint density at radius 1 is 1.16 bits per heavy atom. The summed E-state index contributed by atoms with van der Waals surface area (Å²) in [5, 5.41) is 4.25. The first kappa shape index (κ1) is 20.3. The Kier molecular flexibility index (Phi) is 5.36. The summed E-state index contributed by atoms with van der Waals surface area (Å²) in [6.07, 6.45) is 5.52. The molecule has 1 N–H and O–H groups in total. The molecule has 0 spiro atoms. The van der Waals surface area contributed by atoms with Crippen LogP contribution in [0.25, 0.3) is 10.9 Å². The van der Waals surface area contributed by atoms with Crippen molar-refractivity contribution in [3.8, 4) is 0 Å². The van der Waals surface area contributed by atoms with Gasteiger partial charge < -0.3 is 5.32 Å². The molecule has 0 bridgehead atoms. The van der Waals surface area contributed by atoms with E-state index in [0.29, 0.717) is 28.6 Å². The minimum Gasteiger partial charge on any atom is -0.323 e. The lowest BCUT2D eigenvalue weighted by Crippen LogP contribution is -2.41. The number of amides is 1. The lowest BCUT2D eigenvalue weighted by molar-refractivity contribution is -0.120. The van der Waals surface area contributed by atoms with Crippen LogP contribution in [-0.4, -0.2) is 39.9 Å². The second-order valence-corrected chi connectivity index (χ2v) is 9.13. The number of carbonyl (C=O) groups excluding carboxylic acids is 1. The lowest BCUT2D eigenvalue weighted by atomic mass is 9.93. The van der Waals surface area contributed by atoms with E-state index >= 15 is 0 Å². The van der Waals surface area contributed by atoms with Crippen LogP contribution in [0.15, 0.2) is 48.8 Å². The van der Waals surface area contributed by atoms with Gasteiger partial charge in [0, 0.05) is 24.7 Å². The van der Waals surface area contributed by atoms with Gasteiger partial charge in [0.05, 0.1) is 23.4 Å². The molecule has 2 unspecified atom stereocenters. The number of fused-ring (bicyclic) bond motifs is 2. The summed E-state index contributed by atoms with van der Waals surface area (Å²) in [5.41, 5.74) is 2.70. The van der Waals surface area contributed by atoms with E-state index < -0.39 is 0 Å². The van der Waals surface area contributed by atoms with Crippen LogP contribution >= 0.6 is 11.6 Å². The number of nitrogens with zero attached hydrogens (tertiary/aromatic N) is 3. The zero-order valence-corrected chi connectivity index (χ0v) is 18.0. The first-order valence-corrected chi connectivity index (χ1v) is 11.1. The molecular formula is C24H24ClFN4O. The minimum atomic E-state index is -0.221. The highest BCUT2D eigenvalue weighted by Gasteiger charge is 2.43. The van der Waals surface area contributed by atoms with E-state index in [0.717, 1.165) is 36.8 Å². The van der Waals surface area contributed by atoms with Gasteiger partial charge in [0.15, 0.2) is 0 Å². The monoisotopic (exact) mass is 438 g/mol. The Morgan fingerprint density at radius 3 is 2.65 bits per heavy atom. The van der Waals surface area contributed by atoms with E-state index in [1.54, 1.807) is 30.5 Å². The maximum absolute atomic E-state index is 13.8. The van der Waals surface area contributed by atoms with Gasteiger partial charge in [-0.05, 0) is 79.5 Å². The SMILES string of the molecule is CC(C(=O)Nc1ccc(Cl)nc1)N1CC2C[C@H](c3ccnc4ccc(F)cc34)C[C@@H]2C1. The molecule has 1 saturated heterocycles. The Balaban J connectivity index is 1.24. The van der Waals surface area contributed by atoms with Crippen molar-refractivity contribution in [2.75, 3.05) is 18.4 Å². The molecule has 3 aromatic rings. The molecule has 160 valence electrons. The summed E-state index contributed by atoms with van der Waals surface area (Å²) in [6, 6.07) is 10.1. The van der Waals surface area contributed by atoms with Crippen molar-refractivity contribution in [1.29, 1.82) is 0 Å². The number of aromatic nitrogens is 2. The van der Waals surface area contributed by atoms with Crippen LogP contribution in [-0.2, 0) is 4.79 Å². The Hall–Kier alpha value is -2.57. The van der Waals surface area contributed by atoms with Crippen molar-refractivity contribution in [3.05, 3.63) is 65.3 Å².